The van der Waals surface area contributed by atoms with Crippen molar-refractivity contribution >= 4 is 5.91 Å². The van der Waals surface area contributed by atoms with Gasteiger partial charge in [0, 0.05) is 5.56 Å². The van der Waals surface area contributed by atoms with Crippen LogP contribution in [0.15, 0.2) is 53.1 Å². The third-order valence-corrected chi connectivity index (χ3v) is 3.66. The first-order valence-corrected chi connectivity index (χ1v) is 7.96. The van der Waals surface area contributed by atoms with Crippen molar-refractivity contribution in [2.45, 2.75) is 27.0 Å². The summed E-state index contributed by atoms with van der Waals surface area (Å²) in [5.74, 6) is 1.34. The molecule has 0 saturated heterocycles. The maximum absolute atomic E-state index is 12.3. The predicted octanol–water partition coefficient (Wildman–Crippen LogP) is 3.20. The van der Waals surface area contributed by atoms with Crippen molar-refractivity contribution < 1.29 is 14.1 Å². The molecule has 0 atom stereocenters. The fourth-order valence-electron chi connectivity index (χ4n) is 2.32. The number of carbonyl (C=O) groups is 1. The molecule has 0 spiro atoms. The third-order valence-electron chi connectivity index (χ3n) is 3.66. The van der Waals surface area contributed by atoms with Crippen molar-refractivity contribution in [3.8, 4) is 5.75 Å². The Hall–Kier alpha value is -3.15. The number of nitrogens with one attached hydrogen (secondary N) is 1. The summed E-state index contributed by atoms with van der Waals surface area (Å²) >= 11 is 0. The molecular formula is C19H19N3O3. The molecule has 2 aromatic carbocycles. The van der Waals surface area contributed by atoms with Crippen molar-refractivity contribution in [2.75, 3.05) is 0 Å². The van der Waals surface area contributed by atoms with Gasteiger partial charge in [-0.15, -0.1) is 0 Å². The van der Waals surface area contributed by atoms with Gasteiger partial charge in [-0.1, -0.05) is 41.1 Å². The Bertz CT molecular complexity index is 859. The summed E-state index contributed by atoms with van der Waals surface area (Å²) in [6.07, 6.45) is 0. The van der Waals surface area contributed by atoms with E-state index in [-0.39, 0.29) is 19.1 Å². The van der Waals surface area contributed by atoms with Crippen LogP contribution in [0.4, 0.5) is 0 Å². The smallest absolute Gasteiger partial charge is 0.264 e. The molecule has 3 aromatic rings. The Morgan fingerprint density at radius 2 is 1.96 bits per heavy atom. The van der Waals surface area contributed by atoms with E-state index in [2.05, 4.69) is 15.5 Å². The predicted molar refractivity (Wildman–Crippen MR) is 92.2 cm³/mol. The summed E-state index contributed by atoms with van der Waals surface area (Å²) < 4.78 is 10.7. The zero-order chi connectivity index (χ0) is 17.6. The highest BCUT2D eigenvalue weighted by Crippen LogP contribution is 2.12. The summed E-state index contributed by atoms with van der Waals surface area (Å²) in [5.41, 5.74) is 2.61. The van der Waals surface area contributed by atoms with Crippen molar-refractivity contribution in [2.24, 2.45) is 0 Å². The Kier molecular flexibility index (Phi) is 5.09. The van der Waals surface area contributed by atoms with Crippen LogP contribution in [0.2, 0.25) is 0 Å². The number of benzene rings is 2. The SMILES string of the molecule is Cc1ccc(C)c(C(=O)NCc2noc(COc3ccccc3)n2)c1. The summed E-state index contributed by atoms with van der Waals surface area (Å²) in [4.78, 5) is 16.5. The maximum atomic E-state index is 12.3. The van der Waals surface area contributed by atoms with Gasteiger partial charge in [0.2, 0.25) is 0 Å². The zero-order valence-corrected chi connectivity index (χ0v) is 14.2. The lowest BCUT2D eigenvalue weighted by Gasteiger charge is -2.06. The fourth-order valence-corrected chi connectivity index (χ4v) is 2.32. The average molecular weight is 337 g/mol. The highest BCUT2D eigenvalue weighted by Gasteiger charge is 2.12. The van der Waals surface area contributed by atoms with Crippen LogP contribution >= 0.6 is 0 Å². The monoisotopic (exact) mass is 337 g/mol. The van der Waals surface area contributed by atoms with Gasteiger partial charge in [0.05, 0.1) is 6.54 Å². The van der Waals surface area contributed by atoms with E-state index < -0.39 is 0 Å². The van der Waals surface area contributed by atoms with Gasteiger partial charge in [-0.3, -0.25) is 4.79 Å². The van der Waals surface area contributed by atoms with E-state index in [1.165, 1.54) is 0 Å². The fraction of sp³-hybridized carbons (Fsp3) is 0.211. The molecule has 1 N–H and O–H groups in total. The van der Waals surface area contributed by atoms with Crippen molar-refractivity contribution in [1.29, 1.82) is 0 Å². The Balaban J connectivity index is 1.54. The first kappa shape index (κ1) is 16.7. The Morgan fingerprint density at radius 3 is 2.76 bits per heavy atom. The van der Waals surface area contributed by atoms with E-state index in [1.807, 2.05) is 62.4 Å². The molecule has 0 unspecified atom stereocenters. The Morgan fingerprint density at radius 1 is 1.16 bits per heavy atom. The van der Waals surface area contributed by atoms with Crippen LogP contribution < -0.4 is 10.1 Å². The van der Waals surface area contributed by atoms with Gasteiger partial charge in [0.25, 0.3) is 11.8 Å². The molecule has 128 valence electrons. The van der Waals surface area contributed by atoms with Gasteiger partial charge >= 0.3 is 0 Å². The molecule has 1 heterocycles. The first-order valence-electron chi connectivity index (χ1n) is 7.96. The summed E-state index contributed by atoms with van der Waals surface area (Å²) in [7, 11) is 0. The second kappa shape index (κ2) is 7.61. The summed E-state index contributed by atoms with van der Waals surface area (Å²) in [6.45, 7) is 4.24. The van der Waals surface area contributed by atoms with Gasteiger partial charge in [-0.25, -0.2) is 0 Å². The molecule has 0 aliphatic rings. The lowest BCUT2D eigenvalue weighted by atomic mass is 10.1. The number of ether oxygens (including phenoxy) is 1. The third kappa shape index (κ3) is 4.44. The van der Waals surface area contributed by atoms with Gasteiger partial charge in [0.15, 0.2) is 12.4 Å². The number of nitrogens with zero attached hydrogens (tertiary/aromatic N) is 2. The number of hydrogen-bond acceptors (Lipinski definition) is 5. The minimum Gasteiger partial charge on any atom is -0.484 e. The molecular weight excluding hydrogens is 318 g/mol. The molecule has 0 radical (unpaired) electrons. The summed E-state index contributed by atoms with van der Waals surface area (Å²) in [5, 5.41) is 6.66. The second-order valence-electron chi connectivity index (χ2n) is 5.71. The molecule has 0 saturated carbocycles. The molecule has 0 aliphatic carbocycles. The summed E-state index contributed by atoms with van der Waals surface area (Å²) in [6, 6.07) is 15.1. The van der Waals surface area contributed by atoms with Gasteiger partial charge in [-0.05, 0) is 37.6 Å². The molecule has 25 heavy (non-hydrogen) atoms. The van der Waals surface area contributed by atoms with Crippen molar-refractivity contribution in [3.63, 3.8) is 0 Å². The lowest BCUT2D eigenvalue weighted by molar-refractivity contribution is 0.0949. The van der Waals surface area contributed by atoms with Crippen LogP contribution in [0.5, 0.6) is 5.75 Å². The normalized spacial score (nSPS) is 10.5. The van der Waals surface area contributed by atoms with Gasteiger partial charge in [-0.2, -0.15) is 4.98 Å². The molecule has 1 amide bonds. The van der Waals surface area contributed by atoms with Crippen LogP contribution in [0.25, 0.3) is 0 Å². The molecule has 1 aromatic heterocycles. The first-order chi connectivity index (χ1) is 12.1. The highest BCUT2D eigenvalue weighted by atomic mass is 16.5. The van der Waals surface area contributed by atoms with Crippen LogP contribution in [-0.4, -0.2) is 16.0 Å². The van der Waals surface area contributed by atoms with E-state index in [0.717, 1.165) is 16.9 Å². The molecule has 6 nitrogen and oxygen atoms in total. The molecule has 6 heteroatoms. The molecule has 0 bridgehead atoms. The largest absolute Gasteiger partial charge is 0.484 e. The second-order valence-corrected chi connectivity index (χ2v) is 5.71. The lowest BCUT2D eigenvalue weighted by Crippen LogP contribution is -2.24. The van der Waals surface area contributed by atoms with E-state index in [0.29, 0.717) is 17.3 Å². The van der Waals surface area contributed by atoms with Crippen molar-refractivity contribution in [3.05, 3.63) is 76.9 Å². The number of para-hydroxylation sites is 1. The number of rotatable bonds is 6. The number of hydrogen-bond donors (Lipinski definition) is 1. The molecule has 0 aliphatic heterocycles. The van der Waals surface area contributed by atoms with E-state index >= 15 is 0 Å². The van der Waals surface area contributed by atoms with Crippen LogP contribution in [0, 0.1) is 13.8 Å². The van der Waals surface area contributed by atoms with E-state index in [9.17, 15) is 4.79 Å². The number of aromatic nitrogens is 2. The van der Waals surface area contributed by atoms with E-state index in [1.54, 1.807) is 0 Å². The van der Waals surface area contributed by atoms with Gasteiger partial charge < -0.3 is 14.6 Å². The highest BCUT2D eigenvalue weighted by molar-refractivity contribution is 5.95. The Labute approximate surface area is 145 Å². The number of amides is 1. The number of carbonyl (C=O) groups excluding carboxylic acids is 1. The van der Waals surface area contributed by atoms with E-state index in [4.69, 9.17) is 9.26 Å². The van der Waals surface area contributed by atoms with Crippen LogP contribution in [-0.2, 0) is 13.2 Å². The number of aryl methyl sites for hydroxylation is 2. The minimum atomic E-state index is -0.159. The quantitative estimate of drug-likeness (QED) is 0.747. The zero-order valence-electron chi connectivity index (χ0n) is 14.2. The van der Waals surface area contributed by atoms with Crippen molar-refractivity contribution in [1.82, 2.24) is 15.5 Å². The van der Waals surface area contributed by atoms with Gasteiger partial charge in [0.1, 0.15) is 5.75 Å². The van der Waals surface area contributed by atoms with Crippen LogP contribution in [0.3, 0.4) is 0 Å². The average Bonchev–Trinajstić information content (AvgIpc) is 3.09. The standard InChI is InChI=1S/C19H19N3O3/c1-13-8-9-14(2)16(10-13)19(23)20-11-17-21-18(25-22-17)12-24-15-6-4-3-5-7-15/h3-10H,11-12H2,1-2H3,(H,20,23). The topological polar surface area (TPSA) is 77.2 Å². The maximum Gasteiger partial charge on any atom is 0.264 e. The molecule has 3 rings (SSSR count). The molecule has 0 fully saturated rings. The van der Waals surface area contributed by atoms with Crippen LogP contribution in [0.1, 0.15) is 33.2 Å². The minimum absolute atomic E-state index is 0.159.